The van der Waals surface area contributed by atoms with Crippen LogP contribution in [0.4, 0.5) is 0 Å². The predicted octanol–water partition coefficient (Wildman–Crippen LogP) is 2.88. The fraction of sp³-hybridized carbons (Fsp3) is 0.478. The van der Waals surface area contributed by atoms with E-state index in [1.807, 2.05) is 30.9 Å². The number of hydrogen-bond donors (Lipinski definition) is 1. The number of nitrogens with zero attached hydrogens (tertiary/aromatic N) is 2. The Kier molecular flexibility index (Phi) is 5.21. The summed E-state index contributed by atoms with van der Waals surface area (Å²) >= 11 is 0. The molecule has 2 saturated heterocycles. The van der Waals surface area contributed by atoms with Gasteiger partial charge < -0.3 is 14.6 Å². The lowest BCUT2D eigenvalue weighted by Gasteiger charge is -2.27. The summed E-state index contributed by atoms with van der Waals surface area (Å²) in [7, 11) is 3.84. The summed E-state index contributed by atoms with van der Waals surface area (Å²) in [5, 5.41) is 0. The predicted molar refractivity (Wildman–Crippen MR) is 112 cm³/mol. The van der Waals surface area contributed by atoms with E-state index < -0.39 is 0 Å². The van der Waals surface area contributed by atoms with Crippen LogP contribution in [0.2, 0.25) is 0 Å². The standard InChI is InChI=1S/C23H29N3O3/c1-14(2)21-18(9-10-20(27)24-21)23(28)26-12-16-11-25(3)22(19(16)13-26)15-5-7-17(29-4)8-6-15/h5-10,14,16,19,22H,11-13H2,1-4H3,(H,24,27)/t16-,19+,22-/m0/s1. The molecule has 1 amide bonds. The molecule has 1 aromatic heterocycles. The first-order chi connectivity index (χ1) is 13.9. The van der Waals surface area contributed by atoms with Gasteiger partial charge in [0.15, 0.2) is 0 Å². The number of ether oxygens (including phenoxy) is 1. The van der Waals surface area contributed by atoms with Gasteiger partial charge in [0.2, 0.25) is 5.56 Å². The number of carbonyl (C=O) groups is 1. The minimum Gasteiger partial charge on any atom is -0.497 e. The molecule has 2 aromatic rings. The zero-order valence-corrected chi connectivity index (χ0v) is 17.5. The average molecular weight is 396 g/mol. The molecule has 0 bridgehead atoms. The fourth-order valence-corrected chi connectivity index (χ4v) is 5.03. The number of fused-ring (bicyclic) bond motifs is 1. The summed E-state index contributed by atoms with van der Waals surface area (Å²) in [6, 6.07) is 11.7. The highest BCUT2D eigenvalue weighted by atomic mass is 16.5. The van der Waals surface area contributed by atoms with Gasteiger partial charge in [-0.3, -0.25) is 14.5 Å². The zero-order valence-electron chi connectivity index (χ0n) is 17.5. The number of aromatic nitrogens is 1. The molecule has 3 heterocycles. The normalized spacial score (nSPS) is 24.2. The minimum absolute atomic E-state index is 0.0236. The van der Waals surface area contributed by atoms with Crippen molar-refractivity contribution in [2.45, 2.75) is 25.8 Å². The lowest BCUT2D eigenvalue weighted by atomic mass is 9.89. The second kappa shape index (κ2) is 7.67. The maximum Gasteiger partial charge on any atom is 0.255 e. The van der Waals surface area contributed by atoms with Crippen LogP contribution in [0.3, 0.4) is 0 Å². The van der Waals surface area contributed by atoms with E-state index in [1.165, 1.54) is 11.6 Å². The second-order valence-corrected chi connectivity index (χ2v) is 8.60. The summed E-state index contributed by atoms with van der Waals surface area (Å²) in [6.07, 6.45) is 0. The van der Waals surface area contributed by atoms with Crippen molar-refractivity contribution in [3.63, 3.8) is 0 Å². The van der Waals surface area contributed by atoms with E-state index in [0.717, 1.165) is 31.1 Å². The molecular formula is C23H29N3O3. The molecule has 0 unspecified atom stereocenters. The number of hydrogen-bond acceptors (Lipinski definition) is 4. The molecule has 1 N–H and O–H groups in total. The summed E-state index contributed by atoms with van der Waals surface area (Å²) < 4.78 is 5.29. The number of benzene rings is 1. The number of aromatic amines is 1. The quantitative estimate of drug-likeness (QED) is 0.865. The molecule has 2 fully saturated rings. The summed E-state index contributed by atoms with van der Waals surface area (Å²) in [5.41, 5.74) is 2.45. The number of likely N-dealkylation sites (tertiary alicyclic amines) is 2. The van der Waals surface area contributed by atoms with Crippen LogP contribution in [-0.2, 0) is 0 Å². The molecule has 3 atom stereocenters. The summed E-state index contributed by atoms with van der Waals surface area (Å²) in [5.74, 6) is 1.83. The molecule has 6 nitrogen and oxygen atoms in total. The van der Waals surface area contributed by atoms with E-state index in [1.54, 1.807) is 13.2 Å². The van der Waals surface area contributed by atoms with E-state index in [4.69, 9.17) is 4.74 Å². The molecule has 0 aliphatic carbocycles. The van der Waals surface area contributed by atoms with Gasteiger partial charge >= 0.3 is 0 Å². The van der Waals surface area contributed by atoms with Crippen LogP contribution >= 0.6 is 0 Å². The number of rotatable bonds is 4. The largest absolute Gasteiger partial charge is 0.497 e. The third-order valence-electron chi connectivity index (χ3n) is 6.40. The van der Waals surface area contributed by atoms with Gasteiger partial charge in [0.05, 0.1) is 12.7 Å². The first-order valence-electron chi connectivity index (χ1n) is 10.3. The summed E-state index contributed by atoms with van der Waals surface area (Å²) in [4.78, 5) is 32.3. The first-order valence-corrected chi connectivity index (χ1v) is 10.3. The van der Waals surface area contributed by atoms with Crippen LogP contribution in [0, 0.1) is 11.8 Å². The SMILES string of the molecule is COc1ccc([C@H]2[C@@H]3CN(C(=O)c4ccc(=O)[nH]c4C(C)C)C[C@@H]3CN2C)cc1. The fourth-order valence-electron chi connectivity index (χ4n) is 5.03. The van der Waals surface area contributed by atoms with Gasteiger partial charge in [0, 0.05) is 43.4 Å². The summed E-state index contributed by atoms with van der Waals surface area (Å²) in [6.45, 7) is 6.47. The van der Waals surface area contributed by atoms with Gasteiger partial charge in [-0.1, -0.05) is 26.0 Å². The first kappa shape index (κ1) is 19.7. The molecule has 29 heavy (non-hydrogen) atoms. The highest BCUT2D eigenvalue weighted by Gasteiger charge is 2.47. The Balaban J connectivity index is 1.57. The molecule has 154 valence electrons. The molecule has 2 aliphatic heterocycles. The van der Waals surface area contributed by atoms with Crippen molar-refractivity contribution in [2.24, 2.45) is 11.8 Å². The maximum absolute atomic E-state index is 13.3. The molecule has 4 rings (SSSR count). The molecule has 2 aliphatic rings. The number of H-pyrrole nitrogens is 1. The van der Waals surface area contributed by atoms with E-state index in [0.29, 0.717) is 23.4 Å². The minimum atomic E-state index is -0.162. The molecule has 1 aromatic carbocycles. The van der Waals surface area contributed by atoms with Crippen LogP contribution in [0.5, 0.6) is 5.75 Å². The number of amides is 1. The van der Waals surface area contributed by atoms with Gasteiger partial charge in [-0.2, -0.15) is 0 Å². The zero-order chi connectivity index (χ0) is 20.7. The van der Waals surface area contributed by atoms with Crippen LogP contribution in [0.25, 0.3) is 0 Å². The molecule has 6 heteroatoms. The Morgan fingerprint density at radius 1 is 1.10 bits per heavy atom. The van der Waals surface area contributed by atoms with Crippen molar-refractivity contribution in [1.29, 1.82) is 0 Å². The van der Waals surface area contributed by atoms with E-state index in [-0.39, 0.29) is 17.4 Å². The van der Waals surface area contributed by atoms with Crippen molar-refractivity contribution < 1.29 is 9.53 Å². The Morgan fingerprint density at radius 2 is 1.83 bits per heavy atom. The lowest BCUT2D eigenvalue weighted by molar-refractivity contribution is 0.0765. The lowest BCUT2D eigenvalue weighted by Crippen LogP contribution is -2.34. The van der Waals surface area contributed by atoms with E-state index >= 15 is 0 Å². The van der Waals surface area contributed by atoms with Crippen LogP contribution in [0.15, 0.2) is 41.2 Å². The van der Waals surface area contributed by atoms with Gasteiger partial charge in [-0.05, 0) is 42.6 Å². The third-order valence-corrected chi connectivity index (χ3v) is 6.40. The van der Waals surface area contributed by atoms with Gasteiger partial charge in [0.1, 0.15) is 5.75 Å². The molecule has 0 radical (unpaired) electrons. The average Bonchev–Trinajstić information content (AvgIpc) is 3.24. The number of carbonyl (C=O) groups excluding carboxylic acids is 1. The Hall–Kier alpha value is -2.60. The molecule has 0 saturated carbocycles. The highest BCUT2D eigenvalue weighted by Crippen LogP contribution is 2.44. The van der Waals surface area contributed by atoms with Gasteiger partial charge in [-0.25, -0.2) is 0 Å². The van der Waals surface area contributed by atoms with Crippen molar-refractivity contribution >= 4 is 5.91 Å². The second-order valence-electron chi connectivity index (χ2n) is 8.60. The highest BCUT2D eigenvalue weighted by molar-refractivity contribution is 5.95. The van der Waals surface area contributed by atoms with Crippen LogP contribution in [0.1, 0.15) is 47.4 Å². The Bertz CT molecular complexity index is 951. The van der Waals surface area contributed by atoms with E-state index in [2.05, 4.69) is 29.1 Å². The van der Waals surface area contributed by atoms with Crippen LogP contribution < -0.4 is 10.3 Å². The molecule has 0 spiro atoms. The Morgan fingerprint density at radius 3 is 2.48 bits per heavy atom. The third kappa shape index (κ3) is 3.57. The number of pyridine rings is 1. The van der Waals surface area contributed by atoms with Crippen LogP contribution in [-0.4, -0.2) is 54.5 Å². The molecular weight excluding hydrogens is 366 g/mol. The van der Waals surface area contributed by atoms with E-state index in [9.17, 15) is 9.59 Å². The Labute approximate surface area is 171 Å². The number of nitrogens with one attached hydrogen (secondary N) is 1. The number of methoxy groups -OCH3 is 1. The van der Waals surface area contributed by atoms with Gasteiger partial charge in [0.25, 0.3) is 5.91 Å². The van der Waals surface area contributed by atoms with Gasteiger partial charge in [-0.15, -0.1) is 0 Å². The van der Waals surface area contributed by atoms with Crippen molar-refractivity contribution in [2.75, 3.05) is 33.8 Å². The maximum atomic E-state index is 13.3. The topological polar surface area (TPSA) is 65.6 Å². The van der Waals surface area contributed by atoms with Crippen molar-refractivity contribution in [3.05, 3.63) is 63.6 Å². The van der Waals surface area contributed by atoms with Crippen molar-refractivity contribution in [3.8, 4) is 5.75 Å². The smallest absolute Gasteiger partial charge is 0.255 e. The monoisotopic (exact) mass is 395 g/mol. The van der Waals surface area contributed by atoms with Crippen molar-refractivity contribution in [1.82, 2.24) is 14.8 Å².